The van der Waals surface area contributed by atoms with Gasteiger partial charge in [0.1, 0.15) is 17.8 Å². The van der Waals surface area contributed by atoms with E-state index in [-0.39, 0.29) is 5.56 Å². The number of carboxylic acid groups (broad SMARTS) is 1. The van der Waals surface area contributed by atoms with Gasteiger partial charge in [-0.1, -0.05) is 12.1 Å². The maximum atomic E-state index is 12.3. The molecule has 1 aliphatic rings. The first kappa shape index (κ1) is 12.9. The number of benzene rings is 1. The van der Waals surface area contributed by atoms with Gasteiger partial charge < -0.3 is 14.7 Å². The van der Waals surface area contributed by atoms with Gasteiger partial charge in [0.05, 0.1) is 18.7 Å². The predicted molar refractivity (Wildman–Crippen MR) is 64.6 cm³/mol. The van der Waals surface area contributed by atoms with Crippen molar-refractivity contribution in [1.82, 2.24) is 4.90 Å². The Morgan fingerprint density at radius 2 is 2.26 bits per heavy atom. The van der Waals surface area contributed by atoms with Crippen molar-refractivity contribution in [1.29, 1.82) is 5.26 Å². The van der Waals surface area contributed by atoms with Crippen LogP contribution >= 0.6 is 0 Å². The maximum Gasteiger partial charge on any atom is 0.326 e. The second kappa shape index (κ2) is 4.61. The molecule has 0 saturated heterocycles. The molecule has 1 aliphatic heterocycles. The Kier molecular flexibility index (Phi) is 3.13. The van der Waals surface area contributed by atoms with Crippen LogP contribution in [0.3, 0.4) is 0 Å². The number of hydrogen-bond donors (Lipinski definition) is 1. The highest BCUT2D eigenvalue weighted by molar-refractivity contribution is 6.04. The molecule has 6 heteroatoms. The summed E-state index contributed by atoms with van der Waals surface area (Å²) in [5, 5.41) is 18.3. The molecule has 2 unspecified atom stereocenters. The molecule has 0 aliphatic carbocycles. The van der Waals surface area contributed by atoms with E-state index in [1.807, 2.05) is 6.07 Å². The lowest BCUT2D eigenvalue weighted by molar-refractivity contribution is -0.142. The summed E-state index contributed by atoms with van der Waals surface area (Å²) in [6.45, 7) is 1.38. The Balaban J connectivity index is 2.58. The minimum atomic E-state index is -1.15. The summed E-state index contributed by atoms with van der Waals surface area (Å²) in [6, 6.07) is 4.92. The quantitative estimate of drug-likeness (QED) is 0.881. The summed E-state index contributed by atoms with van der Waals surface area (Å²) in [5.41, 5.74) is 0.754. The zero-order chi connectivity index (χ0) is 14.2. The van der Waals surface area contributed by atoms with Crippen LogP contribution in [0.5, 0.6) is 5.75 Å². The van der Waals surface area contributed by atoms with Crippen molar-refractivity contribution in [2.75, 3.05) is 7.11 Å². The molecule has 1 N–H and O–H groups in total. The van der Waals surface area contributed by atoms with E-state index in [0.29, 0.717) is 11.3 Å². The van der Waals surface area contributed by atoms with Gasteiger partial charge in [-0.2, -0.15) is 5.26 Å². The number of fused-ring (bicyclic) bond motifs is 1. The second-order valence-corrected chi connectivity index (χ2v) is 4.18. The van der Waals surface area contributed by atoms with Gasteiger partial charge in [-0.05, 0) is 13.0 Å². The molecule has 1 aromatic rings. The average molecular weight is 260 g/mol. The van der Waals surface area contributed by atoms with E-state index in [2.05, 4.69) is 0 Å². The average Bonchev–Trinajstić information content (AvgIpc) is 2.70. The van der Waals surface area contributed by atoms with Crippen LogP contribution in [-0.4, -0.2) is 35.0 Å². The Labute approximate surface area is 109 Å². The van der Waals surface area contributed by atoms with Gasteiger partial charge in [0, 0.05) is 5.56 Å². The first-order valence-corrected chi connectivity index (χ1v) is 5.65. The fourth-order valence-electron chi connectivity index (χ4n) is 2.22. The van der Waals surface area contributed by atoms with Crippen molar-refractivity contribution in [2.45, 2.75) is 19.0 Å². The molecule has 6 nitrogen and oxygen atoms in total. The SMILES string of the molecule is COc1cccc2c1C(=O)N(C(C)C(=O)O)C2C#N. The number of amides is 1. The van der Waals surface area contributed by atoms with Crippen LogP contribution in [0.1, 0.15) is 28.9 Å². The number of carbonyl (C=O) groups excluding carboxylic acids is 1. The van der Waals surface area contributed by atoms with Crippen LogP contribution in [-0.2, 0) is 4.79 Å². The first-order chi connectivity index (χ1) is 9.02. The topological polar surface area (TPSA) is 90.6 Å². The number of methoxy groups -OCH3 is 1. The van der Waals surface area contributed by atoms with E-state index in [9.17, 15) is 14.9 Å². The number of nitrogens with zero attached hydrogens (tertiary/aromatic N) is 2. The van der Waals surface area contributed by atoms with Gasteiger partial charge in [0.15, 0.2) is 0 Å². The molecule has 0 aromatic heterocycles. The molecule has 0 fully saturated rings. The number of ether oxygens (including phenoxy) is 1. The molecule has 1 amide bonds. The summed E-state index contributed by atoms with van der Waals surface area (Å²) in [5.74, 6) is -1.29. The molecular formula is C13H12N2O4. The zero-order valence-electron chi connectivity index (χ0n) is 10.5. The van der Waals surface area contributed by atoms with Crippen molar-refractivity contribution >= 4 is 11.9 Å². The second-order valence-electron chi connectivity index (χ2n) is 4.18. The standard InChI is InChI=1S/C13H12N2O4/c1-7(13(17)18)15-9(6-14)8-4-3-5-10(19-2)11(8)12(15)16/h3-5,7,9H,1-2H3,(H,17,18). The molecule has 2 rings (SSSR count). The molecule has 0 saturated carbocycles. The number of carbonyl (C=O) groups is 2. The van der Waals surface area contributed by atoms with Gasteiger partial charge in [0.2, 0.25) is 0 Å². The zero-order valence-corrected chi connectivity index (χ0v) is 10.5. The number of carboxylic acids is 1. The van der Waals surface area contributed by atoms with E-state index in [4.69, 9.17) is 9.84 Å². The van der Waals surface area contributed by atoms with Crippen LogP contribution in [0.25, 0.3) is 0 Å². The number of aliphatic carboxylic acids is 1. The highest BCUT2D eigenvalue weighted by Gasteiger charge is 2.43. The van der Waals surface area contributed by atoms with E-state index < -0.39 is 24.0 Å². The third-order valence-electron chi connectivity index (χ3n) is 3.20. The monoisotopic (exact) mass is 260 g/mol. The van der Waals surface area contributed by atoms with E-state index >= 15 is 0 Å². The number of nitriles is 1. The van der Waals surface area contributed by atoms with Crippen LogP contribution in [0.15, 0.2) is 18.2 Å². The molecule has 0 radical (unpaired) electrons. The Morgan fingerprint density at radius 3 is 2.79 bits per heavy atom. The van der Waals surface area contributed by atoms with Gasteiger partial charge in [-0.15, -0.1) is 0 Å². The fourth-order valence-corrected chi connectivity index (χ4v) is 2.22. The van der Waals surface area contributed by atoms with Gasteiger partial charge in [-0.25, -0.2) is 4.79 Å². The van der Waals surface area contributed by atoms with E-state index in [1.165, 1.54) is 14.0 Å². The van der Waals surface area contributed by atoms with Crippen LogP contribution < -0.4 is 4.74 Å². The minimum Gasteiger partial charge on any atom is -0.496 e. The summed E-state index contributed by atoms with van der Waals surface area (Å²) in [7, 11) is 1.42. The normalized spacial score (nSPS) is 18.7. The fraction of sp³-hybridized carbons (Fsp3) is 0.308. The molecular weight excluding hydrogens is 248 g/mol. The van der Waals surface area contributed by atoms with Crippen molar-refractivity contribution in [2.24, 2.45) is 0 Å². The summed E-state index contributed by atoms with van der Waals surface area (Å²) < 4.78 is 5.10. The van der Waals surface area contributed by atoms with Crippen molar-refractivity contribution < 1.29 is 19.4 Å². The third kappa shape index (κ3) is 1.80. The van der Waals surface area contributed by atoms with Crippen molar-refractivity contribution in [3.8, 4) is 11.8 Å². The molecule has 19 heavy (non-hydrogen) atoms. The lowest BCUT2D eigenvalue weighted by Crippen LogP contribution is -2.41. The minimum absolute atomic E-state index is 0.268. The maximum absolute atomic E-state index is 12.3. The Hall–Kier alpha value is -2.55. The Morgan fingerprint density at radius 1 is 1.58 bits per heavy atom. The van der Waals surface area contributed by atoms with Crippen LogP contribution in [0.4, 0.5) is 0 Å². The summed E-state index contributed by atoms with van der Waals surface area (Å²) in [4.78, 5) is 24.5. The third-order valence-corrected chi connectivity index (χ3v) is 3.20. The number of hydrogen-bond acceptors (Lipinski definition) is 4. The lowest BCUT2D eigenvalue weighted by atomic mass is 10.0. The van der Waals surface area contributed by atoms with Crippen LogP contribution in [0, 0.1) is 11.3 Å². The van der Waals surface area contributed by atoms with E-state index in [0.717, 1.165) is 4.90 Å². The highest BCUT2D eigenvalue weighted by atomic mass is 16.5. The molecule has 98 valence electrons. The molecule has 0 spiro atoms. The van der Waals surface area contributed by atoms with Gasteiger partial charge in [-0.3, -0.25) is 4.79 Å². The summed E-state index contributed by atoms with van der Waals surface area (Å²) >= 11 is 0. The molecule has 0 bridgehead atoms. The summed E-state index contributed by atoms with van der Waals surface area (Å²) in [6.07, 6.45) is 0. The van der Waals surface area contributed by atoms with Gasteiger partial charge in [0.25, 0.3) is 5.91 Å². The lowest BCUT2D eigenvalue weighted by Gasteiger charge is -2.24. The van der Waals surface area contributed by atoms with Crippen molar-refractivity contribution in [3.63, 3.8) is 0 Å². The Bertz CT molecular complexity index is 591. The number of rotatable bonds is 3. The molecule has 2 atom stereocenters. The highest BCUT2D eigenvalue weighted by Crippen LogP contribution is 2.39. The van der Waals surface area contributed by atoms with E-state index in [1.54, 1.807) is 18.2 Å². The van der Waals surface area contributed by atoms with Gasteiger partial charge >= 0.3 is 5.97 Å². The molecule has 1 heterocycles. The predicted octanol–water partition coefficient (Wildman–Crippen LogP) is 1.19. The molecule has 1 aromatic carbocycles. The largest absolute Gasteiger partial charge is 0.496 e. The van der Waals surface area contributed by atoms with Crippen molar-refractivity contribution in [3.05, 3.63) is 29.3 Å². The van der Waals surface area contributed by atoms with Crippen LogP contribution in [0.2, 0.25) is 0 Å². The smallest absolute Gasteiger partial charge is 0.326 e. The first-order valence-electron chi connectivity index (χ1n) is 5.65.